The molecule has 2 rings (SSSR count). The molecule has 0 saturated carbocycles. The van der Waals surface area contributed by atoms with Gasteiger partial charge in [-0.1, -0.05) is 48.3 Å². The van der Waals surface area contributed by atoms with Crippen LogP contribution in [0, 0.1) is 5.92 Å². The second-order valence-electron chi connectivity index (χ2n) is 10.3. The van der Waals surface area contributed by atoms with Crippen LogP contribution in [0.2, 0.25) is 0 Å². The molecule has 13 nitrogen and oxygen atoms in total. The maximum atomic E-state index is 13.2. The molecular formula is C26H43N5O8S2. The summed E-state index contributed by atoms with van der Waals surface area (Å²) in [4.78, 5) is 75.5. The van der Waals surface area contributed by atoms with Gasteiger partial charge in [0, 0.05) is 24.0 Å². The second-order valence-corrected chi connectivity index (χ2v) is 13.1. The molecule has 0 aliphatic carbocycles. The summed E-state index contributed by atoms with van der Waals surface area (Å²) in [6.45, 7) is 2.41. The van der Waals surface area contributed by atoms with Crippen LogP contribution in [0.3, 0.4) is 0 Å². The van der Waals surface area contributed by atoms with E-state index in [0.29, 0.717) is 37.5 Å². The van der Waals surface area contributed by atoms with Crippen molar-refractivity contribution in [2.75, 3.05) is 32.0 Å². The SMILES string of the molecule is CC[C@H](C)[C@H](NC(=O)[C@@H]1CCCN1C(=O)CNC(=O)CCCCC1CCSS1)C(=O)NCC(=O)N[C@@H](CO)C(=O)O. The van der Waals surface area contributed by atoms with Crippen LogP contribution in [0.15, 0.2) is 0 Å². The molecule has 2 saturated heterocycles. The van der Waals surface area contributed by atoms with Crippen molar-refractivity contribution in [3.05, 3.63) is 0 Å². The van der Waals surface area contributed by atoms with Crippen LogP contribution in [0.1, 0.15) is 65.2 Å². The Hall–Kier alpha value is -2.52. The molecule has 232 valence electrons. The van der Waals surface area contributed by atoms with Gasteiger partial charge < -0.3 is 36.4 Å². The zero-order valence-electron chi connectivity index (χ0n) is 23.7. The zero-order valence-corrected chi connectivity index (χ0v) is 25.3. The number of nitrogens with zero attached hydrogens (tertiary/aromatic N) is 1. The molecule has 1 unspecified atom stereocenters. The Morgan fingerprint density at radius 1 is 1.00 bits per heavy atom. The van der Waals surface area contributed by atoms with Crippen LogP contribution in [0.5, 0.6) is 0 Å². The van der Waals surface area contributed by atoms with Crippen LogP contribution < -0.4 is 21.3 Å². The molecule has 2 aliphatic heterocycles. The minimum atomic E-state index is -1.50. The van der Waals surface area contributed by atoms with Crippen LogP contribution in [-0.2, 0) is 28.8 Å². The monoisotopic (exact) mass is 617 g/mol. The highest BCUT2D eigenvalue weighted by Crippen LogP contribution is 2.39. The van der Waals surface area contributed by atoms with Gasteiger partial charge in [0.25, 0.3) is 0 Å². The van der Waals surface area contributed by atoms with E-state index in [1.54, 1.807) is 6.92 Å². The molecule has 0 spiro atoms. The summed E-state index contributed by atoms with van der Waals surface area (Å²) >= 11 is 0. The third-order valence-corrected chi connectivity index (χ3v) is 10.3. The Kier molecular flexibility index (Phi) is 15.3. The van der Waals surface area contributed by atoms with Gasteiger partial charge in [0.2, 0.25) is 29.5 Å². The van der Waals surface area contributed by atoms with Gasteiger partial charge in [0.1, 0.15) is 18.1 Å². The number of nitrogens with one attached hydrogen (secondary N) is 4. The summed E-state index contributed by atoms with van der Waals surface area (Å²) < 4.78 is 0. The quantitative estimate of drug-likeness (QED) is 0.0957. The fourth-order valence-electron chi connectivity index (χ4n) is 4.58. The van der Waals surface area contributed by atoms with Crippen molar-refractivity contribution in [1.29, 1.82) is 0 Å². The first-order chi connectivity index (χ1) is 19.6. The number of likely N-dealkylation sites (tertiary alicyclic amines) is 1. The van der Waals surface area contributed by atoms with Gasteiger partial charge in [0.05, 0.1) is 19.7 Å². The third kappa shape index (κ3) is 11.7. The maximum Gasteiger partial charge on any atom is 0.328 e. The van der Waals surface area contributed by atoms with Crippen molar-refractivity contribution in [3.63, 3.8) is 0 Å². The van der Waals surface area contributed by atoms with Crippen molar-refractivity contribution in [1.82, 2.24) is 26.2 Å². The zero-order chi connectivity index (χ0) is 30.4. The van der Waals surface area contributed by atoms with Gasteiger partial charge in [-0.3, -0.25) is 24.0 Å². The van der Waals surface area contributed by atoms with Crippen molar-refractivity contribution in [3.8, 4) is 0 Å². The number of aliphatic hydroxyl groups excluding tert-OH is 1. The minimum Gasteiger partial charge on any atom is -0.480 e. The van der Waals surface area contributed by atoms with Gasteiger partial charge in [0.15, 0.2) is 0 Å². The van der Waals surface area contributed by atoms with E-state index < -0.39 is 55.0 Å². The lowest BCUT2D eigenvalue weighted by atomic mass is 9.97. The lowest BCUT2D eigenvalue weighted by Crippen LogP contribution is -2.57. The van der Waals surface area contributed by atoms with Crippen LogP contribution in [0.4, 0.5) is 0 Å². The van der Waals surface area contributed by atoms with E-state index >= 15 is 0 Å². The number of carboxylic acid groups (broad SMARTS) is 1. The molecule has 6 N–H and O–H groups in total. The smallest absolute Gasteiger partial charge is 0.328 e. The Balaban J connectivity index is 1.83. The summed E-state index contributed by atoms with van der Waals surface area (Å²) in [6, 6.07) is -3.28. The molecular weight excluding hydrogens is 574 g/mol. The van der Waals surface area contributed by atoms with Crippen molar-refractivity contribution < 1.29 is 39.0 Å². The second kappa shape index (κ2) is 18.1. The predicted octanol–water partition coefficient (Wildman–Crippen LogP) is 0.0165. The first-order valence-electron chi connectivity index (χ1n) is 14.1. The molecule has 0 aromatic carbocycles. The summed E-state index contributed by atoms with van der Waals surface area (Å²) in [7, 11) is 3.81. The number of unbranched alkanes of at least 4 members (excludes halogenated alkanes) is 1. The average Bonchev–Trinajstić information content (AvgIpc) is 3.66. The molecule has 2 aliphatic rings. The van der Waals surface area contributed by atoms with Crippen molar-refractivity contribution in [2.24, 2.45) is 5.92 Å². The number of hydrogen-bond donors (Lipinski definition) is 6. The van der Waals surface area contributed by atoms with Crippen LogP contribution in [-0.4, -0.2) is 106 Å². The van der Waals surface area contributed by atoms with Gasteiger partial charge in [-0.25, -0.2) is 4.79 Å². The number of aliphatic carboxylic acids is 1. The topological polar surface area (TPSA) is 194 Å². The Morgan fingerprint density at radius 2 is 1.76 bits per heavy atom. The predicted molar refractivity (Wildman–Crippen MR) is 156 cm³/mol. The van der Waals surface area contributed by atoms with Crippen LogP contribution >= 0.6 is 21.6 Å². The molecule has 5 atom stereocenters. The van der Waals surface area contributed by atoms with E-state index in [-0.39, 0.29) is 24.3 Å². The first-order valence-corrected chi connectivity index (χ1v) is 16.5. The summed E-state index contributed by atoms with van der Waals surface area (Å²) in [5.41, 5.74) is 0. The number of hydrogen-bond acceptors (Lipinski definition) is 9. The molecule has 5 amide bonds. The number of carbonyl (C=O) groups is 6. The minimum absolute atomic E-state index is 0.196. The highest BCUT2D eigenvalue weighted by Gasteiger charge is 2.37. The van der Waals surface area contributed by atoms with Gasteiger partial charge in [-0.05, 0) is 38.0 Å². The van der Waals surface area contributed by atoms with E-state index in [1.165, 1.54) is 17.1 Å². The van der Waals surface area contributed by atoms with Crippen LogP contribution in [0.25, 0.3) is 0 Å². The van der Waals surface area contributed by atoms with Gasteiger partial charge >= 0.3 is 5.97 Å². The summed E-state index contributed by atoms with van der Waals surface area (Å²) in [6.07, 6.45) is 5.93. The number of carboxylic acids is 1. The van der Waals surface area contributed by atoms with E-state index in [4.69, 9.17) is 10.2 Å². The molecule has 0 bridgehead atoms. The Morgan fingerprint density at radius 3 is 2.39 bits per heavy atom. The van der Waals surface area contributed by atoms with E-state index in [0.717, 1.165) is 19.3 Å². The molecule has 0 aromatic heterocycles. The average molecular weight is 618 g/mol. The van der Waals surface area contributed by atoms with E-state index in [9.17, 15) is 28.8 Å². The molecule has 41 heavy (non-hydrogen) atoms. The molecule has 2 heterocycles. The van der Waals surface area contributed by atoms with E-state index in [2.05, 4.69) is 21.3 Å². The number of rotatable bonds is 17. The normalized spacial score (nSPS) is 20.5. The van der Waals surface area contributed by atoms with E-state index in [1.807, 2.05) is 28.5 Å². The Bertz CT molecular complexity index is 934. The lowest BCUT2D eigenvalue weighted by Gasteiger charge is -2.28. The fraction of sp³-hybridized carbons (Fsp3) is 0.769. The van der Waals surface area contributed by atoms with Gasteiger partial charge in [-0.2, -0.15) is 0 Å². The number of carbonyl (C=O) groups excluding carboxylic acids is 5. The maximum absolute atomic E-state index is 13.2. The highest BCUT2D eigenvalue weighted by atomic mass is 33.1. The largest absolute Gasteiger partial charge is 0.480 e. The number of amides is 5. The Labute approximate surface area is 248 Å². The summed E-state index contributed by atoms with van der Waals surface area (Å²) in [5.74, 6) is -3.04. The lowest BCUT2D eigenvalue weighted by molar-refractivity contribution is -0.143. The van der Waals surface area contributed by atoms with Gasteiger partial charge in [-0.15, -0.1) is 0 Å². The summed E-state index contributed by atoms with van der Waals surface area (Å²) in [5, 5.41) is 28.5. The molecule has 0 aromatic rings. The molecule has 2 fully saturated rings. The molecule has 15 heteroatoms. The standard InChI is InChI=1S/C26H43N5O8S2/c1-3-16(2)23(25(37)28-13-21(34)29-18(15-32)26(38)39)30-24(36)19-8-6-11-31(19)22(35)14-27-20(33)9-5-4-7-17-10-12-40-41-17/h16-19,23,32H,3-15H2,1-2H3,(H,27,33)(H,28,37)(H,29,34)(H,30,36)(H,38,39)/t16-,17?,18-,19-,23-/m0/s1. The highest BCUT2D eigenvalue weighted by molar-refractivity contribution is 8.77. The number of aliphatic hydroxyl groups is 1. The van der Waals surface area contributed by atoms with Crippen molar-refractivity contribution in [2.45, 2.75) is 88.6 Å². The van der Waals surface area contributed by atoms with Crippen molar-refractivity contribution >= 4 is 57.1 Å². The fourth-order valence-corrected chi connectivity index (χ4v) is 7.61. The molecule has 0 radical (unpaired) electrons. The first kappa shape index (κ1) is 34.7. The third-order valence-electron chi connectivity index (χ3n) is 7.25.